The normalized spacial score (nSPS) is 9.57. The Hall–Kier alpha value is -1.09. The lowest BCUT2D eigenvalue weighted by Gasteiger charge is -2.02. The van der Waals surface area contributed by atoms with E-state index in [1.807, 2.05) is 12.1 Å². The molecule has 1 aromatic rings. The molecule has 0 saturated heterocycles. The molecule has 14 heavy (non-hydrogen) atoms. The van der Waals surface area contributed by atoms with Gasteiger partial charge in [0.25, 0.3) is 0 Å². The molecule has 0 spiro atoms. The van der Waals surface area contributed by atoms with E-state index in [0.29, 0.717) is 5.75 Å². The van der Waals surface area contributed by atoms with Gasteiger partial charge in [0, 0.05) is 13.3 Å². The molecule has 0 aliphatic rings. The fourth-order valence-corrected chi connectivity index (χ4v) is 1.39. The maximum atomic E-state index is 10.6. The number of hydrogen-bond acceptors (Lipinski definition) is 2. The Balaban J connectivity index is 2.68. The van der Waals surface area contributed by atoms with Crippen molar-refractivity contribution in [2.24, 2.45) is 0 Å². The van der Waals surface area contributed by atoms with Crippen molar-refractivity contribution in [2.75, 3.05) is 0 Å². The molecule has 1 rings (SSSR count). The van der Waals surface area contributed by atoms with Gasteiger partial charge >= 0.3 is 5.97 Å². The van der Waals surface area contributed by atoms with Crippen LogP contribution < -0.4 is 4.74 Å². The summed E-state index contributed by atoms with van der Waals surface area (Å²) in [5.41, 5.74) is 1.13. The maximum absolute atomic E-state index is 10.6. The predicted octanol–water partition coefficient (Wildman–Crippen LogP) is 3.06. The van der Waals surface area contributed by atoms with E-state index in [2.05, 4.69) is 22.5 Å². The number of allylic oxidation sites excluding steroid dienone is 1. The van der Waals surface area contributed by atoms with Crippen LogP contribution in [-0.2, 0) is 11.2 Å². The van der Waals surface area contributed by atoms with Crippen molar-refractivity contribution >= 4 is 21.9 Å². The van der Waals surface area contributed by atoms with Gasteiger partial charge in [0.15, 0.2) is 0 Å². The zero-order valence-electron chi connectivity index (χ0n) is 7.92. The second kappa shape index (κ2) is 4.96. The molecule has 0 atom stereocenters. The lowest BCUT2D eigenvalue weighted by Crippen LogP contribution is -2.01. The Labute approximate surface area is 91.7 Å². The van der Waals surface area contributed by atoms with E-state index in [1.165, 1.54) is 6.92 Å². The lowest BCUT2D eigenvalue weighted by atomic mass is 10.1. The zero-order chi connectivity index (χ0) is 10.6. The molecule has 0 heterocycles. The van der Waals surface area contributed by atoms with Crippen LogP contribution in [0.4, 0.5) is 0 Å². The Morgan fingerprint density at radius 3 is 2.43 bits per heavy atom. The molecule has 0 saturated carbocycles. The smallest absolute Gasteiger partial charge is 0.308 e. The largest absolute Gasteiger partial charge is 0.427 e. The van der Waals surface area contributed by atoms with E-state index in [4.69, 9.17) is 4.74 Å². The highest BCUT2D eigenvalue weighted by Gasteiger charge is 1.98. The van der Waals surface area contributed by atoms with Crippen LogP contribution in [0.2, 0.25) is 0 Å². The van der Waals surface area contributed by atoms with Crippen molar-refractivity contribution in [2.45, 2.75) is 13.3 Å². The van der Waals surface area contributed by atoms with Crippen molar-refractivity contribution in [3.63, 3.8) is 0 Å². The molecule has 3 heteroatoms. The Morgan fingerprint density at radius 2 is 2.00 bits per heavy atom. The summed E-state index contributed by atoms with van der Waals surface area (Å²) in [4.78, 5) is 10.6. The van der Waals surface area contributed by atoms with Crippen LogP contribution >= 0.6 is 15.9 Å². The van der Waals surface area contributed by atoms with Crippen molar-refractivity contribution in [1.82, 2.24) is 0 Å². The quantitative estimate of drug-likeness (QED) is 0.612. The monoisotopic (exact) mass is 254 g/mol. The molecule has 0 aromatic heterocycles. The summed E-state index contributed by atoms with van der Waals surface area (Å²) in [7, 11) is 0. The van der Waals surface area contributed by atoms with Gasteiger partial charge in [0.05, 0.1) is 0 Å². The summed E-state index contributed by atoms with van der Waals surface area (Å²) in [6.07, 6.45) is 0.778. The van der Waals surface area contributed by atoms with Crippen LogP contribution in [0, 0.1) is 0 Å². The van der Waals surface area contributed by atoms with Gasteiger partial charge in [-0.2, -0.15) is 0 Å². The zero-order valence-corrected chi connectivity index (χ0v) is 9.50. The lowest BCUT2D eigenvalue weighted by molar-refractivity contribution is -0.131. The second-order valence-corrected chi connectivity index (χ2v) is 4.05. The van der Waals surface area contributed by atoms with E-state index in [1.54, 1.807) is 12.1 Å². The third-order valence-corrected chi connectivity index (χ3v) is 1.86. The summed E-state index contributed by atoms with van der Waals surface area (Å²) in [6, 6.07) is 7.36. The molecule has 0 unspecified atom stereocenters. The summed E-state index contributed by atoms with van der Waals surface area (Å²) < 4.78 is 5.83. The summed E-state index contributed by atoms with van der Waals surface area (Å²) in [5, 5.41) is 0. The molecule has 0 fully saturated rings. The van der Waals surface area contributed by atoms with Gasteiger partial charge in [-0.15, -0.1) is 0 Å². The first kappa shape index (κ1) is 11.0. The van der Waals surface area contributed by atoms with Gasteiger partial charge < -0.3 is 4.74 Å². The first-order valence-corrected chi connectivity index (χ1v) is 4.98. The number of rotatable bonds is 3. The fourth-order valence-electron chi connectivity index (χ4n) is 1.06. The van der Waals surface area contributed by atoms with Crippen LogP contribution in [-0.4, -0.2) is 5.97 Å². The van der Waals surface area contributed by atoms with Gasteiger partial charge in [-0.25, -0.2) is 0 Å². The van der Waals surface area contributed by atoms with Gasteiger partial charge in [-0.3, -0.25) is 4.79 Å². The molecular weight excluding hydrogens is 244 g/mol. The SMILES string of the molecule is C=C(Br)Cc1ccc(OC(C)=O)cc1. The van der Waals surface area contributed by atoms with E-state index < -0.39 is 0 Å². The molecule has 0 bridgehead atoms. The summed E-state index contributed by atoms with van der Waals surface area (Å²) in [5.74, 6) is 0.268. The number of ether oxygens (including phenoxy) is 1. The molecule has 2 nitrogen and oxygen atoms in total. The van der Waals surface area contributed by atoms with Crippen LogP contribution in [0.3, 0.4) is 0 Å². The first-order valence-electron chi connectivity index (χ1n) is 4.18. The molecule has 0 N–H and O–H groups in total. The highest BCUT2D eigenvalue weighted by atomic mass is 79.9. The third-order valence-electron chi connectivity index (χ3n) is 1.58. The third kappa shape index (κ3) is 3.75. The first-order chi connectivity index (χ1) is 6.58. The number of carbonyl (C=O) groups is 1. The number of benzene rings is 1. The van der Waals surface area contributed by atoms with Crippen LogP contribution in [0.1, 0.15) is 12.5 Å². The van der Waals surface area contributed by atoms with E-state index in [9.17, 15) is 4.79 Å². The van der Waals surface area contributed by atoms with Gasteiger partial charge in [-0.1, -0.05) is 34.6 Å². The molecule has 1 aromatic carbocycles. The molecule has 0 radical (unpaired) electrons. The molecule has 0 aliphatic heterocycles. The van der Waals surface area contributed by atoms with Crippen LogP contribution in [0.15, 0.2) is 35.3 Å². The van der Waals surface area contributed by atoms with Crippen molar-refractivity contribution in [1.29, 1.82) is 0 Å². The minimum Gasteiger partial charge on any atom is -0.427 e. The average molecular weight is 255 g/mol. The van der Waals surface area contributed by atoms with Gasteiger partial charge in [0.1, 0.15) is 5.75 Å². The highest BCUT2D eigenvalue weighted by molar-refractivity contribution is 9.11. The molecular formula is C11H11BrO2. The minimum atomic E-state index is -0.303. The van der Waals surface area contributed by atoms with Gasteiger partial charge in [0.2, 0.25) is 0 Å². The van der Waals surface area contributed by atoms with Crippen molar-refractivity contribution in [3.05, 3.63) is 40.9 Å². The van der Waals surface area contributed by atoms with E-state index in [-0.39, 0.29) is 5.97 Å². The Kier molecular flexibility index (Phi) is 3.89. The summed E-state index contributed by atoms with van der Waals surface area (Å²) in [6.45, 7) is 5.14. The maximum Gasteiger partial charge on any atom is 0.308 e. The van der Waals surface area contributed by atoms with E-state index >= 15 is 0 Å². The standard InChI is InChI=1S/C11H11BrO2/c1-8(12)7-10-3-5-11(6-4-10)14-9(2)13/h3-6H,1,7H2,2H3. The minimum absolute atomic E-state index is 0.303. The molecule has 0 aliphatic carbocycles. The van der Waals surface area contributed by atoms with Gasteiger partial charge in [-0.05, 0) is 22.2 Å². The van der Waals surface area contributed by atoms with Crippen molar-refractivity contribution in [3.8, 4) is 5.75 Å². The Bertz CT molecular complexity index is 306. The Morgan fingerprint density at radius 1 is 1.43 bits per heavy atom. The number of esters is 1. The molecule has 74 valence electrons. The number of halogens is 1. The average Bonchev–Trinajstić information content (AvgIpc) is 2.06. The highest BCUT2D eigenvalue weighted by Crippen LogP contribution is 2.16. The van der Waals surface area contributed by atoms with Crippen LogP contribution in [0.25, 0.3) is 0 Å². The van der Waals surface area contributed by atoms with Crippen LogP contribution in [0.5, 0.6) is 5.75 Å². The second-order valence-electron chi connectivity index (χ2n) is 2.93. The topological polar surface area (TPSA) is 26.3 Å². The molecule has 0 amide bonds. The fraction of sp³-hybridized carbons (Fsp3) is 0.182. The summed E-state index contributed by atoms with van der Waals surface area (Å²) >= 11 is 3.29. The number of carbonyl (C=O) groups excluding carboxylic acids is 1. The van der Waals surface area contributed by atoms with Crippen molar-refractivity contribution < 1.29 is 9.53 Å². The van der Waals surface area contributed by atoms with E-state index in [0.717, 1.165) is 16.5 Å². The predicted molar refractivity (Wildman–Crippen MR) is 59.5 cm³/mol. The number of hydrogen-bond donors (Lipinski definition) is 0.